The highest BCUT2D eigenvalue weighted by Gasteiger charge is 2.56. The molecule has 3 aromatic carbocycles. The van der Waals surface area contributed by atoms with Crippen molar-refractivity contribution in [3.8, 4) is 11.5 Å². The van der Waals surface area contributed by atoms with Gasteiger partial charge < -0.3 is 25.6 Å². The fourth-order valence-electron chi connectivity index (χ4n) is 5.48. The molecule has 0 saturated heterocycles. The van der Waals surface area contributed by atoms with Gasteiger partial charge in [0.15, 0.2) is 5.78 Å². The second kappa shape index (κ2) is 15.7. The predicted molar refractivity (Wildman–Crippen MR) is 197 cm³/mol. The van der Waals surface area contributed by atoms with Crippen LogP contribution < -0.4 is 20.5 Å². The maximum Gasteiger partial charge on any atom is 0.335 e. The van der Waals surface area contributed by atoms with E-state index in [1.807, 2.05) is 32.9 Å². The van der Waals surface area contributed by atoms with Crippen molar-refractivity contribution in [2.45, 2.75) is 103 Å². The lowest BCUT2D eigenvalue weighted by atomic mass is 9.68. The number of carbonyl (C=O) groups is 4. The molecule has 2 amide bonds. The molecule has 0 aliphatic rings. The summed E-state index contributed by atoms with van der Waals surface area (Å²) in [5.41, 5.74) is 3.31. The first-order chi connectivity index (χ1) is 23.2. The number of nitrogens with one attached hydrogen (secondary N) is 1. The van der Waals surface area contributed by atoms with Crippen LogP contribution in [0.4, 0.5) is 5.69 Å². The number of Topliss-reactive ketones (excluding diaryl/α,β-unsaturated/α-hetero) is 1. The standard InChI is InChI=1S/C40H51ClN2O7/c1-10-38(6,7)28-23-30(39(8,9)11-2)32(49-22-21-31(41)33(42)44)24-29(28)40(35(47)37(3,4)5,36(48)43-26-15-13-12-14-16-26)50-27-19-17-25(18-20-27)34(45)46/h12-20,23-24,31H,10-11,21-22H2,1-9H3,(H2,42,44)(H,43,48)(H,45,46). The number of anilines is 1. The van der Waals surface area contributed by atoms with Gasteiger partial charge in [-0.3, -0.25) is 14.4 Å². The smallest absolute Gasteiger partial charge is 0.335 e. The number of halogens is 1. The summed E-state index contributed by atoms with van der Waals surface area (Å²) in [6.07, 6.45) is 1.51. The third-order valence-corrected chi connectivity index (χ3v) is 9.82. The molecule has 0 heterocycles. The number of rotatable bonds is 16. The number of carboxylic acids is 1. The zero-order valence-electron chi connectivity index (χ0n) is 30.6. The van der Waals surface area contributed by atoms with Crippen LogP contribution in [0.2, 0.25) is 0 Å². The van der Waals surface area contributed by atoms with Gasteiger partial charge in [0, 0.05) is 28.7 Å². The van der Waals surface area contributed by atoms with E-state index in [4.69, 9.17) is 26.8 Å². The van der Waals surface area contributed by atoms with Crippen molar-refractivity contribution in [3.05, 3.63) is 89.0 Å². The lowest BCUT2D eigenvalue weighted by Gasteiger charge is -2.41. The number of ether oxygens (including phenoxy) is 2. The van der Waals surface area contributed by atoms with Crippen LogP contribution in [0.5, 0.6) is 11.5 Å². The van der Waals surface area contributed by atoms with Crippen molar-refractivity contribution in [3.63, 3.8) is 0 Å². The Hall–Kier alpha value is -4.37. The number of para-hydroxylation sites is 1. The van der Waals surface area contributed by atoms with E-state index >= 15 is 9.59 Å². The highest BCUT2D eigenvalue weighted by atomic mass is 35.5. The number of carboxylic acid groups (broad SMARTS) is 1. The van der Waals surface area contributed by atoms with Gasteiger partial charge in [-0.05, 0) is 71.7 Å². The summed E-state index contributed by atoms with van der Waals surface area (Å²) in [7, 11) is 0. The molecule has 4 N–H and O–H groups in total. The summed E-state index contributed by atoms with van der Waals surface area (Å²) in [6.45, 7) is 17.6. The predicted octanol–water partition coefficient (Wildman–Crippen LogP) is 8.15. The maximum absolute atomic E-state index is 15.1. The van der Waals surface area contributed by atoms with E-state index in [9.17, 15) is 14.7 Å². The van der Waals surface area contributed by atoms with Gasteiger partial charge in [-0.15, -0.1) is 11.6 Å². The lowest BCUT2D eigenvalue weighted by molar-refractivity contribution is -0.152. The van der Waals surface area contributed by atoms with Crippen LogP contribution in [-0.4, -0.2) is 40.7 Å². The number of benzene rings is 3. The summed E-state index contributed by atoms with van der Waals surface area (Å²) >= 11 is 6.17. The molecule has 0 radical (unpaired) electrons. The van der Waals surface area contributed by atoms with E-state index in [-0.39, 0.29) is 29.9 Å². The zero-order chi connectivity index (χ0) is 37.7. The van der Waals surface area contributed by atoms with Crippen molar-refractivity contribution < 1.29 is 33.8 Å². The number of primary amides is 1. The van der Waals surface area contributed by atoms with E-state index in [1.54, 1.807) is 51.1 Å². The van der Waals surface area contributed by atoms with E-state index in [2.05, 4.69) is 26.1 Å². The number of hydrogen-bond donors (Lipinski definition) is 3. The molecule has 270 valence electrons. The normalized spacial score (nSPS) is 13.9. The Kier molecular flexibility index (Phi) is 12.6. The van der Waals surface area contributed by atoms with E-state index in [0.29, 0.717) is 23.4 Å². The molecule has 50 heavy (non-hydrogen) atoms. The Morgan fingerprint density at radius 2 is 1.38 bits per heavy atom. The van der Waals surface area contributed by atoms with Gasteiger partial charge in [-0.1, -0.05) is 86.6 Å². The highest BCUT2D eigenvalue weighted by molar-refractivity contribution is 6.30. The number of alkyl halides is 1. The van der Waals surface area contributed by atoms with Crippen LogP contribution in [0.25, 0.3) is 0 Å². The molecule has 3 aromatic rings. The van der Waals surface area contributed by atoms with Gasteiger partial charge in [-0.25, -0.2) is 4.79 Å². The molecule has 0 aromatic heterocycles. The molecular weight excluding hydrogens is 656 g/mol. The first-order valence-electron chi connectivity index (χ1n) is 16.9. The molecule has 0 bridgehead atoms. The topological polar surface area (TPSA) is 145 Å². The number of ketones is 1. The Bertz CT molecular complexity index is 1700. The van der Waals surface area contributed by atoms with Crippen LogP contribution in [0.3, 0.4) is 0 Å². The number of aromatic carboxylic acids is 1. The molecular formula is C40H51ClN2O7. The molecule has 0 spiro atoms. The van der Waals surface area contributed by atoms with Gasteiger partial charge >= 0.3 is 5.97 Å². The molecule has 0 aliphatic carbocycles. The molecule has 0 fully saturated rings. The van der Waals surface area contributed by atoms with Crippen molar-refractivity contribution >= 4 is 40.9 Å². The van der Waals surface area contributed by atoms with Crippen LogP contribution in [0, 0.1) is 5.41 Å². The number of amides is 2. The fourth-order valence-corrected chi connectivity index (χ4v) is 5.57. The summed E-state index contributed by atoms with van der Waals surface area (Å²) in [6, 6.07) is 18.1. The first-order valence-corrected chi connectivity index (χ1v) is 17.3. The number of hydrogen-bond acceptors (Lipinski definition) is 6. The van der Waals surface area contributed by atoms with Gasteiger partial charge in [0.05, 0.1) is 12.2 Å². The highest BCUT2D eigenvalue weighted by Crippen LogP contribution is 2.47. The van der Waals surface area contributed by atoms with Gasteiger partial charge in [0.25, 0.3) is 11.5 Å². The molecule has 9 nitrogen and oxygen atoms in total. The molecule has 2 atom stereocenters. The Labute approximate surface area is 300 Å². The molecule has 10 heteroatoms. The monoisotopic (exact) mass is 706 g/mol. The van der Waals surface area contributed by atoms with Crippen molar-refractivity contribution in [1.82, 2.24) is 0 Å². The maximum atomic E-state index is 15.1. The minimum Gasteiger partial charge on any atom is -0.493 e. The Morgan fingerprint density at radius 1 is 0.820 bits per heavy atom. The van der Waals surface area contributed by atoms with Crippen molar-refractivity contribution in [1.29, 1.82) is 0 Å². The van der Waals surface area contributed by atoms with Crippen LogP contribution in [-0.2, 0) is 30.8 Å². The van der Waals surface area contributed by atoms with Crippen LogP contribution in [0.15, 0.2) is 66.7 Å². The van der Waals surface area contributed by atoms with Crippen LogP contribution >= 0.6 is 11.6 Å². The first kappa shape index (κ1) is 40.1. The molecule has 0 aliphatic heterocycles. The van der Waals surface area contributed by atoms with Crippen LogP contribution in [0.1, 0.15) is 109 Å². The molecule has 2 unspecified atom stereocenters. The third kappa shape index (κ3) is 8.85. The van der Waals surface area contributed by atoms with E-state index < -0.39 is 50.8 Å². The minimum atomic E-state index is -2.30. The number of nitrogens with two attached hydrogens (primary N) is 1. The SMILES string of the molecule is CCC(C)(C)c1cc(C(C)(C)CC)c(C(Oc2ccc(C(=O)O)cc2)(C(=O)Nc2ccccc2)C(=O)C(C)(C)C)cc1OCCC(Cl)C(N)=O. The average molecular weight is 707 g/mol. The fraction of sp³-hybridized carbons (Fsp3) is 0.450. The summed E-state index contributed by atoms with van der Waals surface area (Å²) in [5.74, 6) is -2.55. The quantitative estimate of drug-likeness (QED) is 0.101. The summed E-state index contributed by atoms with van der Waals surface area (Å²) < 4.78 is 13.1. The van der Waals surface area contributed by atoms with Crippen molar-refractivity contribution in [2.75, 3.05) is 11.9 Å². The van der Waals surface area contributed by atoms with E-state index in [0.717, 1.165) is 12.0 Å². The van der Waals surface area contributed by atoms with E-state index in [1.165, 1.54) is 24.3 Å². The molecule has 3 rings (SSSR count). The minimum absolute atomic E-state index is 0.0158. The largest absolute Gasteiger partial charge is 0.493 e. The second-order valence-electron chi connectivity index (χ2n) is 14.9. The number of carbonyl (C=O) groups excluding carboxylic acids is 3. The molecule has 0 saturated carbocycles. The van der Waals surface area contributed by atoms with Crippen molar-refractivity contribution in [2.24, 2.45) is 11.1 Å². The summed E-state index contributed by atoms with van der Waals surface area (Å²) in [4.78, 5) is 53.6. The zero-order valence-corrected chi connectivity index (χ0v) is 31.4. The summed E-state index contributed by atoms with van der Waals surface area (Å²) in [5, 5.41) is 11.5. The Balaban J connectivity index is 2.53. The van der Waals surface area contributed by atoms with Gasteiger partial charge in [-0.2, -0.15) is 0 Å². The Morgan fingerprint density at radius 3 is 1.88 bits per heavy atom. The average Bonchev–Trinajstić information content (AvgIpc) is 3.06. The lowest BCUT2D eigenvalue weighted by Crippen LogP contribution is -2.56. The van der Waals surface area contributed by atoms with Gasteiger partial charge in [0.2, 0.25) is 5.91 Å². The van der Waals surface area contributed by atoms with Gasteiger partial charge in [0.1, 0.15) is 16.9 Å². The third-order valence-electron chi connectivity index (χ3n) is 9.39. The second-order valence-corrected chi connectivity index (χ2v) is 15.4.